The van der Waals surface area contributed by atoms with Crippen molar-refractivity contribution in [2.24, 2.45) is 0 Å². The molecule has 0 amide bonds. The highest BCUT2D eigenvalue weighted by Crippen LogP contribution is 2.24. The number of hydrogen-bond donors (Lipinski definition) is 0. The van der Waals surface area contributed by atoms with Crippen LogP contribution in [0.25, 0.3) is 10.6 Å². The maximum absolute atomic E-state index is 13.6. The first-order valence-corrected chi connectivity index (χ1v) is 9.06. The second-order valence-corrected chi connectivity index (χ2v) is 6.57. The van der Waals surface area contributed by atoms with Crippen molar-refractivity contribution in [3.8, 4) is 10.6 Å². The van der Waals surface area contributed by atoms with E-state index in [4.69, 9.17) is 4.74 Å². The van der Waals surface area contributed by atoms with E-state index in [2.05, 4.69) is 11.9 Å². The first kappa shape index (κ1) is 18.8. The fourth-order valence-corrected chi connectivity index (χ4v) is 3.18. The van der Waals surface area contributed by atoms with Gasteiger partial charge in [-0.1, -0.05) is 31.2 Å². The van der Waals surface area contributed by atoms with Gasteiger partial charge in [-0.05, 0) is 24.1 Å². The number of carbonyl (C=O) groups is 2. The van der Waals surface area contributed by atoms with Crippen molar-refractivity contribution in [1.82, 2.24) is 4.98 Å². The zero-order valence-corrected chi connectivity index (χ0v) is 15.2. The summed E-state index contributed by atoms with van der Waals surface area (Å²) in [6, 6.07) is 10.4. The van der Waals surface area contributed by atoms with E-state index in [9.17, 15) is 18.4 Å². The molecule has 0 aliphatic heterocycles. The monoisotopic (exact) mass is 387 g/mol. The van der Waals surface area contributed by atoms with Crippen molar-refractivity contribution in [1.29, 1.82) is 0 Å². The molecule has 0 unspecified atom stereocenters. The third-order valence-corrected chi connectivity index (χ3v) is 4.78. The molecule has 27 heavy (non-hydrogen) atoms. The summed E-state index contributed by atoms with van der Waals surface area (Å²) in [6.45, 7) is 1.41. The molecule has 0 aliphatic rings. The molecule has 0 bridgehead atoms. The minimum Gasteiger partial charge on any atom is -0.453 e. The highest BCUT2D eigenvalue weighted by molar-refractivity contribution is 7.13. The van der Waals surface area contributed by atoms with E-state index in [0.29, 0.717) is 11.1 Å². The Hall–Kier alpha value is -2.93. The average Bonchev–Trinajstić information content (AvgIpc) is 3.16. The van der Waals surface area contributed by atoms with Gasteiger partial charge in [-0.15, -0.1) is 11.3 Å². The number of halogens is 2. The predicted molar refractivity (Wildman–Crippen MR) is 97.9 cm³/mol. The van der Waals surface area contributed by atoms with E-state index in [1.807, 2.05) is 24.3 Å². The number of rotatable bonds is 6. The summed E-state index contributed by atoms with van der Waals surface area (Å²) in [5.41, 5.74) is 1.81. The van der Waals surface area contributed by atoms with Crippen molar-refractivity contribution in [2.75, 3.05) is 6.61 Å². The normalized spacial score (nSPS) is 10.6. The number of benzene rings is 2. The molecule has 0 fully saturated rings. The molecule has 1 aromatic heterocycles. The number of hydrogen-bond acceptors (Lipinski definition) is 5. The number of aromatic nitrogens is 1. The van der Waals surface area contributed by atoms with Gasteiger partial charge in [0.2, 0.25) is 5.78 Å². The van der Waals surface area contributed by atoms with Crippen LogP contribution in [0, 0.1) is 11.6 Å². The van der Waals surface area contributed by atoms with Gasteiger partial charge in [0, 0.05) is 17.0 Å². The van der Waals surface area contributed by atoms with Gasteiger partial charge in [-0.3, -0.25) is 4.79 Å². The lowest BCUT2D eigenvalue weighted by Crippen LogP contribution is -2.15. The van der Waals surface area contributed by atoms with Crippen LogP contribution in [0.2, 0.25) is 0 Å². The molecule has 0 saturated heterocycles. The summed E-state index contributed by atoms with van der Waals surface area (Å²) in [7, 11) is 0. The molecule has 1 heterocycles. The van der Waals surface area contributed by atoms with Gasteiger partial charge in [0.05, 0.1) is 5.56 Å². The Bertz CT molecular complexity index is 983. The Morgan fingerprint density at radius 2 is 1.85 bits per heavy atom. The van der Waals surface area contributed by atoms with E-state index in [0.717, 1.165) is 24.1 Å². The average molecular weight is 387 g/mol. The molecular weight excluding hydrogens is 372 g/mol. The quantitative estimate of drug-likeness (QED) is 0.455. The minimum atomic E-state index is -0.998. The maximum Gasteiger partial charge on any atom is 0.358 e. The Kier molecular flexibility index (Phi) is 5.71. The second kappa shape index (κ2) is 8.18. The molecule has 4 nitrogen and oxygen atoms in total. The van der Waals surface area contributed by atoms with Crippen molar-refractivity contribution < 1.29 is 23.1 Å². The van der Waals surface area contributed by atoms with Crippen LogP contribution in [0.15, 0.2) is 47.8 Å². The van der Waals surface area contributed by atoms with E-state index >= 15 is 0 Å². The van der Waals surface area contributed by atoms with Crippen LogP contribution in [-0.4, -0.2) is 23.3 Å². The number of thiazole rings is 1. The van der Waals surface area contributed by atoms with Crippen molar-refractivity contribution in [3.63, 3.8) is 0 Å². The lowest BCUT2D eigenvalue weighted by atomic mass is 10.1. The summed E-state index contributed by atoms with van der Waals surface area (Å²) >= 11 is 1.28. The molecule has 0 N–H and O–H groups in total. The first-order valence-electron chi connectivity index (χ1n) is 8.18. The van der Waals surface area contributed by atoms with Crippen molar-refractivity contribution >= 4 is 23.1 Å². The third-order valence-electron chi connectivity index (χ3n) is 3.89. The van der Waals surface area contributed by atoms with Crippen molar-refractivity contribution in [2.45, 2.75) is 13.3 Å². The number of ketones is 1. The third kappa shape index (κ3) is 4.43. The summed E-state index contributed by atoms with van der Waals surface area (Å²) in [5.74, 6) is -3.32. The van der Waals surface area contributed by atoms with Gasteiger partial charge in [-0.25, -0.2) is 18.6 Å². The fraction of sp³-hybridized carbons (Fsp3) is 0.150. The molecule has 0 radical (unpaired) electrons. The summed E-state index contributed by atoms with van der Waals surface area (Å²) in [6.07, 6.45) is 0.929. The first-order chi connectivity index (χ1) is 13.0. The molecule has 0 atom stereocenters. The lowest BCUT2D eigenvalue weighted by Gasteiger charge is -2.04. The number of esters is 1. The van der Waals surface area contributed by atoms with E-state index in [1.165, 1.54) is 22.3 Å². The summed E-state index contributed by atoms with van der Waals surface area (Å²) in [4.78, 5) is 28.2. The topological polar surface area (TPSA) is 56.3 Å². The number of ether oxygens (including phenoxy) is 1. The Labute approximate surface area is 158 Å². The van der Waals surface area contributed by atoms with E-state index in [1.54, 1.807) is 0 Å². The molecule has 0 aliphatic carbocycles. The molecule has 138 valence electrons. The molecule has 3 rings (SSSR count). The lowest BCUT2D eigenvalue weighted by molar-refractivity contribution is 0.0468. The van der Waals surface area contributed by atoms with Gasteiger partial charge < -0.3 is 4.74 Å². The molecule has 0 saturated carbocycles. The Morgan fingerprint density at radius 1 is 1.11 bits per heavy atom. The van der Waals surface area contributed by atoms with Crippen LogP contribution in [0.5, 0.6) is 0 Å². The molecule has 7 heteroatoms. The molecule has 0 spiro atoms. The van der Waals surface area contributed by atoms with Crippen LogP contribution in [0.3, 0.4) is 0 Å². The number of aryl methyl sites for hydroxylation is 1. The summed E-state index contributed by atoms with van der Waals surface area (Å²) in [5, 5.41) is 2.19. The van der Waals surface area contributed by atoms with Gasteiger partial charge in [0.25, 0.3) is 0 Å². The number of Topliss-reactive ketones (excluding diaryl/α,β-unsaturated/α-hetero) is 1. The van der Waals surface area contributed by atoms with Gasteiger partial charge in [-0.2, -0.15) is 0 Å². The molecule has 3 aromatic rings. The standard InChI is InChI=1S/C20H15F2NO3S/c1-2-12-3-5-13(6-4-12)19-23-17(11-27-19)20(25)26-10-18(24)15-8-7-14(21)9-16(15)22/h3-9,11H,2,10H2,1H3. The Morgan fingerprint density at radius 3 is 2.52 bits per heavy atom. The Balaban J connectivity index is 1.64. The fourth-order valence-electron chi connectivity index (χ4n) is 2.38. The number of carbonyl (C=O) groups excluding carboxylic acids is 2. The predicted octanol–water partition coefficient (Wildman–Crippen LogP) is 4.69. The number of nitrogens with zero attached hydrogens (tertiary/aromatic N) is 1. The van der Waals surface area contributed by atoms with Gasteiger partial charge in [0.1, 0.15) is 16.6 Å². The van der Waals surface area contributed by atoms with Crippen LogP contribution >= 0.6 is 11.3 Å². The highest BCUT2D eigenvalue weighted by Gasteiger charge is 2.18. The summed E-state index contributed by atoms with van der Waals surface area (Å²) < 4.78 is 31.4. The zero-order chi connectivity index (χ0) is 19.4. The van der Waals surface area contributed by atoms with Crippen molar-refractivity contribution in [3.05, 3.63) is 76.3 Å². The van der Waals surface area contributed by atoms with Crippen LogP contribution in [0.4, 0.5) is 8.78 Å². The molecule has 2 aromatic carbocycles. The highest BCUT2D eigenvalue weighted by atomic mass is 32.1. The van der Waals surface area contributed by atoms with Gasteiger partial charge in [0.15, 0.2) is 12.3 Å². The maximum atomic E-state index is 13.6. The zero-order valence-electron chi connectivity index (χ0n) is 14.4. The minimum absolute atomic E-state index is 0.0712. The second-order valence-electron chi connectivity index (χ2n) is 5.71. The SMILES string of the molecule is CCc1ccc(-c2nc(C(=O)OCC(=O)c3ccc(F)cc3F)cs2)cc1. The van der Waals surface area contributed by atoms with E-state index < -0.39 is 30.0 Å². The van der Waals surface area contributed by atoms with E-state index in [-0.39, 0.29) is 11.3 Å². The van der Waals surface area contributed by atoms with Crippen LogP contribution in [-0.2, 0) is 11.2 Å². The van der Waals surface area contributed by atoms with Gasteiger partial charge >= 0.3 is 5.97 Å². The van der Waals surface area contributed by atoms with Crippen LogP contribution < -0.4 is 0 Å². The largest absolute Gasteiger partial charge is 0.453 e. The van der Waals surface area contributed by atoms with Crippen LogP contribution in [0.1, 0.15) is 33.3 Å². The smallest absolute Gasteiger partial charge is 0.358 e. The molecular formula is C20H15F2NO3S.